The summed E-state index contributed by atoms with van der Waals surface area (Å²) in [5, 5.41) is 1.75. The number of benzene rings is 1. The van der Waals surface area contributed by atoms with Gasteiger partial charge in [-0.15, -0.1) is 23.7 Å². The van der Waals surface area contributed by atoms with Crippen molar-refractivity contribution in [2.24, 2.45) is 5.73 Å². The minimum Gasteiger partial charge on any atom is -0.490 e. The lowest BCUT2D eigenvalue weighted by atomic mass is 10.2. The number of carbonyl (C=O) groups excluding carboxylic acids is 1. The smallest absolute Gasteiger partial charge is 0.183 e. The summed E-state index contributed by atoms with van der Waals surface area (Å²) in [6.07, 6.45) is 2.57. The molecule has 27 heavy (non-hydrogen) atoms. The van der Waals surface area contributed by atoms with Crippen LogP contribution in [0.2, 0.25) is 0 Å². The molecule has 2 heterocycles. The number of hydrogen-bond donors (Lipinski definition) is 1. The van der Waals surface area contributed by atoms with Gasteiger partial charge in [0.15, 0.2) is 5.78 Å². The standard InChI is InChI=1S/C19H19N3O2S2.ClH/c1-11-21-16-6-4-13(24-12-2-3-12)8-15(16)19(22-11)25-10-17(23)18-7-5-14(9-20)26-18;/h4-8,12H,2-3,9-10,20H2,1H3;1H. The van der Waals surface area contributed by atoms with Crippen molar-refractivity contribution in [2.75, 3.05) is 5.75 Å². The zero-order chi connectivity index (χ0) is 18.1. The van der Waals surface area contributed by atoms with E-state index in [2.05, 4.69) is 9.97 Å². The first-order chi connectivity index (χ1) is 12.6. The molecule has 0 bridgehead atoms. The van der Waals surface area contributed by atoms with Crippen LogP contribution >= 0.6 is 35.5 Å². The SMILES string of the molecule is Cc1nc(SCC(=O)c2ccc(CN)s2)c2cc(OC3CC3)ccc2n1.Cl. The highest BCUT2D eigenvalue weighted by atomic mass is 35.5. The zero-order valence-corrected chi connectivity index (χ0v) is 17.3. The van der Waals surface area contributed by atoms with Crippen molar-refractivity contribution in [3.05, 3.63) is 45.9 Å². The summed E-state index contributed by atoms with van der Waals surface area (Å²) < 4.78 is 5.89. The number of rotatable bonds is 7. The maximum atomic E-state index is 12.5. The van der Waals surface area contributed by atoms with E-state index in [0.29, 0.717) is 24.2 Å². The fourth-order valence-corrected chi connectivity index (χ4v) is 4.45. The summed E-state index contributed by atoms with van der Waals surface area (Å²) in [6, 6.07) is 9.65. The molecule has 5 nitrogen and oxygen atoms in total. The molecule has 1 aromatic carbocycles. The highest BCUT2D eigenvalue weighted by Crippen LogP contribution is 2.32. The van der Waals surface area contributed by atoms with E-state index in [4.69, 9.17) is 10.5 Å². The summed E-state index contributed by atoms with van der Waals surface area (Å²) in [5.74, 6) is 1.97. The number of fused-ring (bicyclic) bond motifs is 1. The predicted octanol–water partition coefficient (Wildman–Crippen LogP) is 4.40. The topological polar surface area (TPSA) is 78.1 Å². The Morgan fingerprint density at radius 3 is 2.81 bits per heavy atom. The Labute approximate surface area is 172 Å². The van der Waals surface area contributed by atoms with Crippen LogP contribution in [0, 0.1) is 6.92 Å². The molecule has 0 saturated heterocycles. The van der Waals surface area contributed by atoms with Crippen molar-refractivity contribution in [1.82, 2.24) is 9.97 Å². The third-order valence-corrected chi connectivity index (χ3v) is 6.19. The van der Waals surface area contributed by atoms with Gasteiger partial charge >= 0.3 is 0 Å². The number of thioether (sulfide) groups is 1. The molecule has 1 saturated carbocycles. The van der Waals surface area contributed by atoms with E-state index in [9.17, 15) is 4.79 Å². The molecule has 4 rings (SSSR count). The number of carbonyl (C=O) groups is 1. The third kappa shape index (κ3) is 4.79. The van der Waals surface area contributed by atoms with Gasteiger partial charge in [-0.1, -0.05) is 11.8 Å². The van der Waals surface area contributed by atoms with Gasteiger partial charge < -0.3 is 10.5 Å². The van der Waals surface area contributed by atoms with Crippen LogP contribution in [0.1, 0.15) is 33.2 Å². The zero-order valence-electron chi connectivity index (χ0n) is 14.8. The van der Waals surface area contributed by atoms with Gasteiger partial charge in [0.1, 0.15) is 16.6 Å². The van der Waals surface area contributed by atoms with E-state index in [1.807, 2.05) is 37.3 Å². The number of ether oxygens (including phenoxy) is 1. The van der Waals surface area contributed by atoms with E-state index < -0.39 is 0 Å². The number of nitrogens with zero attached hydrogens (tertiary/aromatic N) is 2. The van der Waals surface area contributed by atoms with Gasteiger partial charge in [0.05, 0.1) is 22.3 Å². The van der Waals surface area contributed by atoms with Crippen molar-refractivity contribution in [2.45, 2.75) is 37.4 Å². The monoisotopic (exact) mass is 421 g/mol. The van der Waals surface area contributed by atoms with E-state index in [1.165, 1.54) is 23.1 Å². The summed E-state index contributed by atoms with van der Waals surface area (Å²) >= 11 is 2.90. The van der Waals surface area contributed by atoms with E-state index in [0.717, 1.165) is 44.3 Å². The molecule has 0 atom stereocenters. The molecule has 0 radical (unpaired) electrons. The lowest BCUT2D eigenvalue weighted by molar-refractivity contribution is 0.102. The molecule has 1 aliphatic rings. The summed E-state index contributed by atoms with van der Waals surface area (Å²) in [7, 11) is 0. The molecular formula is C19H20ClN3O2S2. The van der Waals surface area contributed by atoms with E-state index >= 15 is 0 Å². The molecule has 8 heteroatoms. The van der Waals surface area contributed by atoms with Crippen LogP contribution in [0.3, 0.4) is 0 Å². The van der Waals surface area contributed by atoms with Gasteiger partial charge in [-0.3, -0.25) is 4.79 Å². The number of aryl methyl sites for hydroxylation is 1. The molecule has 0 spiro atoms. The Hall–Kier alpha value is -1.67. The maximum Gasteiger partial charge on any atom is 0.183 e. The first kappa shape index (κ1) is 20.1. The summed E-state index contributed by atoms with van der Waals surface area (Å²) in [6.45, 7) is 2.33. The van der Waals surface area contributed by atoms with Crippen molar-refractivity contribution in [3.8, 4) is 5.75 Å². The largest absolute Gasteiger partial charge is 0.490 e. The molecular weight excluding hydrogens is 402 g/mol. The van der Waals surface area contributed by atoms with Gasteiger partial charge in [0.25, 0.3) is 0 Å². The van der Waals surface area contributed by atoms with Gasteiger partial charge in [-0.05, 0) is 50.1 Å². The van der Waals surface area contributed by atoms with Crippen LogP contribution in [-0.4, -0.2) is 27.6 Å². The second-order valence-corrected chi connectivity index (χ2v) is 8.39. The minimum atomic E-state index is 0. The number of halogens is 1. The first-order valence-corrected chi connectivity index (χ1v) is 10.3. The van der Waals surface area contributed by atoms with Crippen LogP contribution in [0.25, 0.3) is 10.9 Å². The average Bonchev–Trinajstić information content (AvgIpc) is 3.31. The maximum absolute atomic E-state index is 12.5. The van der Waals surface area contributed by atoms with Crippen molar-refractivity contribution in [1.29, 1.82) is 0 Å². The molecule has 1 fully saturated rings. The number of hydrogen-bond acceptors (Lipinski definition) is 7. The van der Waals surface area contributed by atoms with E-state index in [1.54, 1.807) is 0 Å². The second kappa shape index (κ2) is 8.56. The number of aromatic nitrogens is 2. The normalized spacial score (nSPS) is 13.4. The van der Waals surface area contributed by atoms with Gasteiger partial charge in [-0.2, -0.15) is 0 Å². The predicted molar refractivity (Wildman–Crippen MR) is 112 cm³/mol. The molecule has 1 aliphatic carbocycles. The van der Waals surface area contributed by atoms with Crippen LogP contribution < -0.4 is 10.5 Å². The lowest BCUT2D eigenvalue weighted by Gasteiger charge is -2.09. The Balaban J connectivity index is 0.00000210. The number of nitrogens with two attached hydrogens (primary N) is 1. The Bertz CT molecular complexity index is 973. The van der Waals surface area contributed by atoms with Crippen molar-refractivity contribution >= 4 is 52.2 Å². The molecule has 0 unspecified atom stereocenters. The summed E-state index contributed by atoms with van der Waals surface area (Å²) in [4.78, 5) is 23.3. The fourth-order valence-electron chi connectivity index (χ4n) is 2.59. The molecule has 3 aromatic rings. The van der Waals surface area contributed by atoms with Gasteiger partial charge in [-0.25, -0.2) is 9.97 Å². The number of thiophene rings is 1. The first-order valence-electron chi connectivity index (χ1n) is 8.52. The molecule has 0 amide bonds. The highest BCUT2D eigenvalue weighted by molar-refractivity contribution is 8.00. The Kier molecular flexibility index (Phi) is 6.37. The van der Waals surface area contributed by atoms with Crippen molar-refractivity contribution < 1.29 is 9.53 Å². The molecule has 2 aromatic heterocycles. The fraction of sp³-hybridized carbons (Fsp3) is 0.316. The average molecular weight is 422 g/mol. The van der Waals surface area contributed by atoms with Crippen LogP contribution in [0.15, 0.2) is 35.4 Å². The number of Topliss-reactive ketones (excluding diaryl/α,β-unsaturated/α-hetero) is 1. The minimum absolute atomic E-state index is 0. The van der Waals surface area contributed by atoms with Crippen molar-refractivity contribution in [3.63, 3.8) is 0 Å². The van der Waals surface area contributed by atoms with Gasteiger partial charge in [0, 0.05) is 16.8 Å². The third-order valence-electron chi connectivity index (χ3n) is 4.05. The summed E-state index contributed by atoms with van der Waals surface area (Å²) in [5.41, 5.74) is 6.50. The molecule has 2 N–H and O–H groups in total. The van der Waals surface area contributed by atoms with E-state index in [-0.39, 0.29) is 18.2 Å². The molecule has 0 aliphatic heterocycles. The molecule has 142 valence electrons. The van der Waals surface area contributed by atoms with Crippen LogP contribution in [0.5, 0.6) is 5.75 Å². The Morgan fingerprint density at radius 2 is 2.11 bits per heavy atom. The number of ketones is 1. The second-order valence-electron chi connectivity index (χ2n) is 6.25. The lowest BCUT2D eigenvalue weighted by Crippen LogP contribution is -2.02. The van der Waals surface area contributed by atoms with Crippen LogP contribution in [0.4, 0.5) is 0 Å². The highest BCUT2D eigenvalue weighted by Gasteiger charge is 2.23. The Morgan fingerprint density at radius 1 is 1.30 bits per heavy atom. The quantitative estimate of drug-likeness (QED) is 0.346. The van der Waals surface area contributed by atoms with Gasteiger partial charge in [0.2, 0.25) is 0 Å². The van der Waals surface area contributed by atoms with Crippen LogP contribution in [-0.2, 0) is 6.54 Å².